The molecule has 84 valence electrons. The molecule has 0 aromatic heterocycles. The second-order valence-electron chi connectivity index (χ2n) is 4.61. The van der Waals surface area contributed by atoms with E-state index in [1.165, 1.54) is 0 Å². The molecule has 0 heterocycles. The molecule has 2 N–H and O–H groups in total. The van der Waals surface area contributed by atoms with E-state index in [0.29, 0.717) is 0 Å². The van der Waals surface area contributed by atoms with Crippen molar-refractivity contribution in [1.29, 1.82) is 0 Å². The van der Waals surface area contributed by atoms with E-state index < -0.39 is 0 Å². The maximum atomic E-state index is 6.10. The highest BCUT2D eigenvalue weighted by Gasteiger charge is 2.12. The number of benzene rings is 1. The Kier molecular flexibility index (Phi) is 4.00. The van der Waals surface area contributed by atoms with Crippen LogP contribution in [0.3, 0.4) is 0 Å². The Morgan fingerprint density at radius 2 is 1.93 bits per heavy atom. The van der Waals surface area contributed by atoms with Crippen molar-refractivity contribution in [2.24, 2.45) is 5.73 Å². The molecule has 0 radical (unpaired) electrons. The lowest BCUT2D eigenvalue weighted by Gasteiger charge is -2.25. The number of halogens is 1. The summed E-state index contributed by atoms with van der Waals surface area (Å²) in [5, 5.41) is 0.787. The molecule has 0 amide bonds. The van der Waals surface area contributed by atoms with Crippen LogP contribution in [0.25, 0.3) is 0 Å². The highest BCUT2D eigenvalue weighted by molar-refractivity contribution is 6.33. The van der Waals surface area contributed by atoms with Crippen LogP contribution >= 0.6 is 11.6 Å². The van der Waals surface area contributed by atoms with E-state index >= 15 is 0 Å². The average Bonchev–Trinajstić information content (AvgIpc) is 2.14. The lowest BCUT2D eigenvalue weighted by Crippen LogP contribution is -2.36. The van der Waals surface area contributed by atoms with Gasteiger partial charge in [-0.25, -0.2) is 0 Å². The maximum Gasteiger partial charge on any atom is 0.0639 e. The van der Waals surface area contributed by atoms with Crippen molar-refractivity contribution in [2.75, 3.05) is 18.5 Å². The van der Waals surface area contributed by atoms with Crippen molar-refractivity contribution >= 4 is 17.3 Å². The van der Waals surface area contributed by atoms with Crippen molar-refractivity contribution in [3.8, 4) is 0 Å². The lowest BCUT2D eigenvalue weighted by atomic mass is 10.0. The zero-order valence-corrected chi connectivity index (χ0v) is 10.4. The summed E-state index contributed by atoms with van der Waals surface area (Å²) in [6, 6.07) is 7.85. The van der Waals surface area contributed by atoms with Gasteiger partial charge in [0.15, 0.2) is 0 Å². The van der Waals surface area contributed by atoms with Crippen LogP contribution in [0, 0.1) is 0 Å². The number of para-hydroxylation sites is 1. The predicted molar refractivity (Wildman–Crippen MR) is 67.6 cm³/mol. The van der Waals surface area contributed by atoms with Gasteiger partial charge in [-0.15, -0.1) is 0 Å². The third-order valence-corrected chi connectivity index (χ3v) is 2.67. The van der Waals surface area contributed by atoms with Gasteiger partial charge in [-0.3, -0.25) is 0 Å². The van der Waals surface area contributed by atoms with E-state index in [0.717, 1.165) is 23.7 Å². The molecule has 0 bridgehead atoms. The van der Waals surface area contributed by atoms with E-state index in [4.69, 9.17) is 17.3 Å². The average molecular weight is 227 g/mol. The quantitative estimate of drug-likeness (QED) is 0.856. The molecule has 0 unspecified atom stereocenters. The first-order chi connectivity index (χ1) is 6.90. The number of nitrogens with two attached hydrogens (primary N) is 1. The Labute approximate surface area is 97.0 Å². The second kappa shape index (κ2) is 4.86. The molecule has 1 rings (SSSR count). The summed E-state index contributed by atoms with van der Waals surface area (Å²) in [6.07, 6.45) is 0.939. The normalized spacial score (nSPS) is 11.5. The van der Waals surface area contributed by atoms with Gasteiger partial charge in [0.25, 0.3) is 0 Å². The Hall–Kier alpha value is -0.730. The Morgan fingerprint density at radius 3 is 2.47 bits per heavy atom. The van der Waals surface area contributed by atoms with Gasteiger partial charge in [0.1, 0.15) is 0 Å². The van der Waals surface area contributed by atoms with Crippen molar-refractivity contribution in [3.63, 3.8) is 0 Å². The minimum Gasteiger partial charge on any atom is -0.373 e. The molecule has 0 aliphatic carbocycles. The number of hydrogen-bond donors (Lipinski definition) is 1. The fraction of sp³-hybridized carbons (Fsp3) is 0.500. The first kappa shape index (κ1) is 12.3. The van der Waals surface area contributed by atoms with Crippen molar-refractivity contribution in [3.05, 3.63) is 29.3 Å². The van der Waals surface area contributed by atoms with Gasteiger partial charge >= 0.3 is 0 Å². The Morgan fingerprint density at radius 1 is 1.33 bits per heavy atom. The monoisotopic (exact) mass is 226 g/mol. The van der Waals surface area contributed by atoms with Crippen LogP contribution in [-0.4, -0.2) is 19.1 Å². The van der Waals surface area contributed by atoms with Gasteiger partial charge in [0.05, 0.1) is 10.7 Å². The zero-order valence-electron chi connectivity index (χ0n) is 9.63. The molecule has 0 aliphatic rings. The summed E-state index contributed by atoms with van der Waals surface area (Å²) in [7, 11) is 2.03. The molecular weight excluding hydrogens is 208 g/mol. The Bertz CT molecular complexity index is 318. The summed E-state index contributed by atoms with van der Waals surface area (Å²) < 4.78 is 0. The van der Waals surface area contributed by atoms with Gasteiger partial charge in [-0.1, -0.05) is 23.7 Å². The minimum atomic E-state index is -0.129. The van der Waals surface area contributed by atoms with Crippen molar-refractivity contribution in [2.45, 2.75) is 25.8 Å². The van der Waals surface area contributed by atoms with Crippen LogP contribution in [-0.2, 0) is 0 Å². The standard InChI is InChI=1S/C12H19ClN2/c1-12(2,14)8-9-15(3)11-7-5-4-6-10(11)13/h4-7H,8-9,14H2,1-3H3. The van der Waals surface area contributed by atoms with Gasteiger partial charge < -0.3 is 10.6 Å². The molecule has 0 saturated carbocycles. The van der Waals surface area contributed by atoms with Crippen LogP contribution < -0.4 is 10.6 Å². The molecule has 3 heteroatoms. The predicted octanol–water partition coefficient (Wildman–Crippen LogP) is 2.90. The van der Waals surface area contributed by atoms with E-state index in [-0.39, 0.29) is 5.54 Å². The second-order valence-corrected chi connectivity index (χ2v) is 5.02. The van der Waals surface area contributed by atoms with Gasteiger partial charge in [0, 0.05) is 19.1 Å². The van der Waals surface area contributed by atoms with Gasteiger partial charge in [-0.2, -0.15) is 0 Å². The fourth-order valence-electron chi connectivity index (χ4n) is 1.34. The molecule has 1 aromatic carbocycles. The number of rotatable bonds is 4. The summed E-state index contributed by atoms with van der Waals surface area (Å²) in [5.74, 6) is 0. The van der Waals surface area contributed by atoms with Gasteiger partial charge in [0.2, 0.25) is 0 Å². The van der Waals surface area contributed by atoms with Crippen LogP contribution in [0.1, 0.15) is 20.3 Å². The molecule has 15 heavy (non-hydrogen) atoms. The van der Waals surface area contributed by atoms with E-state index in [2.05, 4.69) is 4.90 Å². The van der Waals surface area contributed by atoms with Crippen LogP contribution in [0.4, 0.5) is 5.69 Å². The first-order valence-corrected chi connectivity index (χ1v) is 5.52. The Balaban J connectivity index is 2.62. The third kappa shape index (κ3) is 4.10. The molecule has 0 fully saturated rings. The van der Waals surface area contributed by atoms with Crippen molar-refractivity contribution < 1.29 is 0 Å². The summed E-state index contributed by atoms with van der Waals surface area (Å²) in [4.78, 5) is 2.14. The van der Waals surface area contributed by atoms with E-state index in [1.807, 2.05) is 45.2 Å². The minimum absolute atomic E-state index is 0.129. The molecule has 2 nitrogen and oxygen atoms in total. The SMILES string of the molecule is CN(CCC(C)(C)N)c1ccccc1Cl. The smallest absolute Gasteiger partial charge is 0.0639 e. The first-order valence-electron chi connectivity index (χ1n) is 5.15. The molecule has 0 saturated heterocycles. The van der Waals surface area contributed by atoms with Gasteiger partial charge in [-0.05, 0) is 32.4 Å². The number of hydrogen-bond acceptors (Lipinski definition) is 2. The highest BCUT2D eigenvalue weighted by atomic mass is 35.5. The van der Waals surface area contributed by atoms with E-state index in [1.54, 1.807) is 0 Å². The summed E-state index contributed by atoms with van der Waals surface area (Å²) in [5.41, 5.74) is 6.87. The number of nitrogens with zero attached hydrogens (tertiary/aromatic N) is 1. The maximum absolute atomic E-state index is 6.10. The highest BCUT2D eigenvalue weighted by Crippen LogP contribution is 2.24. The fourth-order valence-corrected chi connectivity index (χ4v) is 1.62. The summed E-state index contributed by atoms with van der Waals surface area (Å²) in [6.45, 7) is 4.98. The zero-order chi connectivity index (χ0) is 11.5. The lowest BCUT2D eigenvalue weighted by molar-refractivity contribution is 0.479. The topological polar surface area (TPSA) is 29.3 Å². The van der Waals surface area contributed by atoms with E-state index in [9.17, 15) is 0 Å². The molecule has 1 aromatic rings. The third-order valence-electron chi connectivity index (χ3n) is 2.36. The van der Waals surface area contributed by atoms with Crippen LogP contribution in [0.15, 0.2) is 24.3 Å². The summed E-state index contributed by atoms with van der Waals surface area (Å²) >= 11 is 6.10. The molecule has 0 atom stereocenters. The van der Waals surface area contributed by atoms with Crippen LogP contribution in [0.5, 0.6) is 0 Å². The van der Waals surface area contributed by atoms with Crippen molar-refractivity contribution in [1.82, 2.24) is 0 Å². The molecular formula is C12H19ClN2. The van der Waals surface area contributed by atoms with Crippen LogP contribution in [0.2, 0.25) is 5.02 Å². The molecule has 0 spiro atoms. The molecule has 0 aliphatic heterocycles. The largest absolute Gasteiger partial charge is 0.373 e. The number of anilines is 1.